The number of carbonyl (C=O) groups is 2. The molecule has 1 aliphatic rings. The number of rotatable bonds is 4. The average Bonchev–Trinajstić information content (AvgIpc) is 2.88. The number of nitrogens with one attached hydrogen (secondary N) is 1. The third kappa shape index (κ3) is 2.42. The van der Waals surface area contributed by atoms with Gasteiger partial charge in [0.1, 0.15) is 23.5 Å². The molecule has 0 radical (unpaired) electrons. The van der Waals surface area contributed by atoms with Gasteiger partial charge in [0.2, 0.25) is 11.8 Å². The Bertz CT molecular complexity index is 498. The highest BCUT2D eigenvalue weighted by molar-refractivity contribution is 5.99. The minimum Gasteiger partial charge on any atom is -0.364 e. The predicted octanol–water partition coefficient (Wildman–Crippen LogP) is 1.33. The summed E-state index contributed by atoms with van der Waals surface area (Å²) in [6.45, 7) is 7.81. The maximum absolute atomic E-state index is 12.7. The first-order valence-electron chi connectivity index (χ1n) is 6.91. The normalized spacial score (nSPS) is 27.1. The van der Waals surface area contributed by atoms with E-state index in [1.165, 1.54) is 6.26 Å². The molecule has 0 spiro atoms. The second-order valence-corrected chi connectivity index (χ2v) is 5.79. The lowest BCUT2D eigenvalue weighted by Crippen LogP contribution is -2.69. The molecular weight excluding hydrogens is 258 g/mol. The van der Waals surface area contributed by atoms with E-state index in [9.17, 15) is 9.59 Å². The Hall–Kier alpha value is -1.85. The molecule has 20 heavy (non-hydrogen) atoms. The summed E-state index contributed by atoms with van der Waals surface area (Å²) < 4.78 is 4.80. The highest BCUT2D eigenvalue weighted by atomic mass is 16.5. The Balaban J connectivity index is 2.34. The van der Waals surface area contributed by atoms with Crippen LogP contribution in [-0.4, -0.2) is 33.5 Å². The SMILES string of the molecule is CCC1(C)NC(=O)C(C(C)C)N(Cc2ccon2)C1=O. The minimum absolute atomic E-state index is 0.0345. The molecule has 2 heterocycles. The molecule has 6 nitrogen and oxygen atoms in total. The van der Waals surface area contributed by atoms with Gasteiger partial charge in [0.05, 0.1) is 6.54 Å². The smallest absolute Gasteiger partial charge is 0.249 e. The second kappa shape index (κ2) is 5.26. The summed E-state index contributed by atoms with van der Waals surface area (Å²) in [5.74, 6) is -0.138. The summed E-state index contributed by atoms with van der Waals surface area (Å²) in [6.07, 6.45) is 2.02. The number of nitrogens with zero attached hydrogens (tertiary/aromatic N) is 2. The van der Waals surface area contributed by atoms with E-state index in [0.717, 1.165) is 0 Å². The number of piperazine rings is 1. The molecule has 1 saturated heterocycles. The zero-order chi connectivity index (χ0) is 14.9. The molecule has 110 valence electrons. The first kappa shape index (κ1) is 14.6. The highest BCUT2D eigenvalue weighted by Gasteiger charge is 2.47. The molecule has 2 amide bonds. The standard InChI is InChI=1S/C14H21N3O3/c1-5-14(4)13(19)17(8-10-6-7-20-16-10)11(9(2)3)12(18)15-14/h6-7,9,11H,5,8H2,1-4H3,(H,15,18). The van der Waals surface area contributed by atoms with Crippen molar-refractivity contribution in [3.8, 4) is 0 Å². The molecule has 1 aromatic rings. The summed E-state index contributed by atoms with van der Waals surface area (Å²) in [5, 5.41) is 6.70. The first-order chi connectivity index (χ1) is 9.39. The van der Waals surface area contributed by atoms with Gasteiger partial charge in [-0.2, -0.15) is 0 Å². The fourth-order valence-electron chi connectivity index (χ4n) is 2.55. The molecule has 1 aliphatic heterocycles. The lowest BCUT2D eigenvalue weighted by molar-refractivity contribution is -0.157. The van der Waals surface area contributed by atoms with Crippen molar-refractivity contribution in [3.63, 3.8) is 0 Å². The van der Waals surface area contributed by atoms with Gasteiger partial charge in [0, 0.05) is 6.07 Å². The van der Waals surface area contributed by atoms with E-state index in [1.54, 1.807) is 17.9 Å². The summed E-state index contributed by atoms with van der Waals surface area (Å²) in [7, 11) is 0. The van der Waals surface area contributed by atoms with Crippen molar-refractivity contribution in [1.82, 2.24) is 15.4 Å². The number of carbonyl (C=O) groups excluding carboxylic acids is 2. The van der Waals surface area contributed by atoms with E-state index in [0.29, 0.717) is 18.7 Å². The van der Waals surface area contributed by atoms with Gasteiger partial charge < -0.3 is 14.7 Å². The van der Waals surface area contributed by atoms with Crippen LogP contribution in [0.2, 0.25) is 0 Å². The Morgan fingerprint density at radius 3 is 2.70 bits per heavy atom. The van der Waals surface area contributed by atoms with Crippen LogP contribution < -0.4 is 5.32 Å². The quantitative estimate of drug-likeness (QED) is 0.902. The van der Waals surface area contributed by atoms with Crippen molar-refractivity contribution in [2.45, 2.75) is 52.2 Å². The molecule has 1 aromatic heterocycles. The molecule has 0 aromatic carbocycles. The summed E-state index contributed by atoms with van der Waals surface area (Å²) in [4.78, 5) is 26.7. The van der Waals surface area contributed by atoms with Crippen molar-refractivity contribution in [3.05, 3.63) is 18.0 Å². The van der Waals surface area contributed by atoms with Crippen LogP contribution in [-0.2, 0) is 16.1 Å². The van der Waals surface area contributed by atoms with Gasteiger partial charge in [0.25, 0.3) is 0 Å². The predicted molar refractivity (Wildman–Crippen MR) is 72.5 cm³/mol. The number of aromatic nitrogens is 1. The van der Waals surface area contributed by atoms with Gasteiger partial charge in [-0.25, -0.2) is 0 Å². The number of hydrogen-bond acceptors (Lipinski definition) is 4. The maximum atomic E-state index is 12.7. The molecule has 0 aliphatic carbocycles. The molecule has 2 rings (SSSR count). The van der Waals surface area contributed by atoms with Crippen molar-refractivity contribution < 1.29 is 14.1 Å². The molecule has 0 saturated carbocycles. The van der Waals surface area contributed by atoms with Crippen LogP contribution in [0.25, 0.3) is 0 Å². The average molecular weight is 279 g/mol. The summed E-state index contributed by atoms with van der Waals surface area (Å²) in [6, 6.07) is 1.24. The fourth-order valence-corrected chi connectivity index (χ4v) is 2.55. The van der Waals surface area contributed by atoms with Crippen molar-refractivity contribution in [1.29, 1.82) is 0 Å². The van der Waals surface area contributed by atoms with Gasteiger partial charge in [0.15, 0.2) is 0 Å². The molecule has 1 N–H and O–H groups in total. The van der Waals surface area contributed by atoms with Crippen LogP contribution in [0.15, 0.2) is 16.9 Å². The van der Waals surface area contributed by atoms with Gasteiger partial charge >= 0.3 is 0 Å². The molecule has 2 unspecified atom stereocenters. The Morgan fingerprint density at radius 2 is 2.20 bits per heavy atom. The third-order valence-electron chi connectivity index (χ3n) is 3.90. The fraction of sp³-hybridized carbons (Fsp3) is 0.643. The monoisotopic (exact) mass is 279 g/mol. The summed E-state index contributed by atoms with van der Waals surface area (Å²) in [5.41, 5.74) is -0.191. The zero-order valence-electron chi connectivity index (χ0n) is 12.3. The minimum atomic E-state index is -0.841. The van der Waals surface area contributed by atoms with E-state index < -0.39 is 11.6 Å². The largest absolute Gasteiger partial charge is 0.364 e. The van der Waals surface area contributed by atoms with Crippen LogP contribution in [0.5, 0.6) is 0 Å². The van der Waals surface area contributed by atoms with E-state index in [4.69, 9.17) is 4.52 Å². The van der Waals surface area contributed by atoms with Crippen molar-refractivity contribution in [2.75, 3.05) is 0 Å². The highest BCUT2D eigenvalue weighted by Crippen LogP contribution is 2.26. The van der Waals surface area contributed by atoms with E-state index in [-0.39, 0.29) is 17.7 Å². The van der Waals surface area contributed by atoms with Gasteiger partial charge in [-0.1, -0.05) is 25.9 Å². The van der Waals surface area contributed by atoms with Crippen LogP contribution in [0, 0.1) is 5.92 Å². The van der Waals surface area contributed by atoms with Crippen LogP contribution >= 0.6 is 0 Å². The Kier molecular flexibility index (Phi) is 3.83. The lowest BCUT2D eigenvalue weighted by atomic mass is 9.88. The van der Waals surface area contributed by atoms with Gasteiger partial charge in [-0.15, -0.1) is 0 Å². The number of hydrogen-bond donors (Lipinski definition) is 1. The molecule has 2 atom stereocenters. The lowest BCUT2D eigenvalue weighted by Gasteiger charge is -2.45. The maximum Gasteiger partial charge on any atom is 0.249 e. The first-order valence-corrected chi connectivity index (χ1v) is 6.91. The molecule has 1 fully saturated rings. The molecule has 6 heteroatoms. The second-order valence-electron chi connectivity index (χ2n) is 5.79. The molecule has 0 bridgehead atoms. The Labute approximate surface area is 118 Å². The number of amides is 2. The van der Waals surface area contributed by atoms with Crippen LogP contribution in [0.3, 0.4) is 0 Å². The van der Waals surface area contributed by atoms with E-state index in [1.807, 2.05) is 20.8 Å². The van der Waals surface area contributed by atoms with Crippen LogP contribution in [0.1, 0.15) is 39.8 Å². The van der Waals surface area contributed by atoms with Crippen molar-refractivity contribution >= 4 is 11.8 Å². The molecular formula is C14H21N3O3. The van der Waals surface area contributed by atoms with E-state index in [2.05, 4.69) is 10.5 Å². The third-order valence-corrected chi connectivity index (χ3v) is 3.90. The Morgan fingerprint density at radius 1 is 1.50 bits per heavy atom. The van der Waals surface area contributed by atoms with Gasteiger partial charge in [-0.05, 0) is 19.3 Å². The zero-order valence-corrected chi connectivity index (χ0v) is 12.3. The summed E-state index contributed by atoms with van der Waals surface area (Å²) >= 11 is 0. The van der Waals surface area contributed by atoms with Gasteiger partial charge in [-0.3, -0.25) is 9.59 Å². The van der Waals surface area contributed by atoms with Crippen LogP contribution in [0.4, 0.5) is 0 Å². The van der Waals surface area contributed by atoms with E-state index >= 15 is 0 Å². The van der Waals surface area contributed by atoms with Crippen molar-refractivity contribution in [2.24, 2.45) is 5.92 Å². The topological polar surface area (TPSA) is 75.4 Å².